The fourth-order valence-corrected chi connectivity index (χ4v) is 5.39. The number of benzene rings is 2. The Kier molecular flexibility index (Phi) is 6.08. The Balaban J connectivity index is 1.12. The molecule has 6 rings (SSSR count). The number of pyridine rings is 1. The second-order valence-corrected chi connectivity index (χ2v) is 9.68. The third-order valence-electron chi connectivity index (χ3n) is 7.26. The number of ether oxygens (including phenoxy) is 3. The summed E-state index contributed by atoms with van der Waals surface area (Å²) in [6.45, 7) is 3.78. The van der Waals surface area contributed by atoms with Gasteiger partial charge in [-0.05, 0) is 61.7 Å². The van der Waals surface area contributed by atoms with Gasteiger partial charge in [-0.2, -0.15) is 0 Å². The van der Waals surface area contributed by atoms with Crippen molar-refractivity contribution in [3.63, 3.8) is 0 Å². The molecule has 2 bridgehead atoms. The minimum atomic E-state index is -0.290. The Labute approximate surface area is 215 Å². The van der Waals surface area contributed by atoms with Gasteiger partial charge in [0.05, 0.1) is 11.3 Å². The molecule has 37 heavy (non-hydrogen) atoms. The molecule has 0 N–H and O–H groups in total. The first kappa shape index (κ1) is 23.2. The van der Waals surface area contributed by atoms with E-state index in [1.165, 1.54) is 6.33 Å². The van der Waals surface area contributed by atoms with E-state index in [9.17, 15) is 4.79 Å². The fraction of sp³-hybridized carbons (Fsp3) is 0.310. The summed E-state index contributed by atoms with van der Waals surface area (Å²) in [7, 11) is 0. The van der Waals surface area contributed by atoms with Gasteiger partial charge in [0.1, 0.15) is 18.2 Å². The number of hydrogen-bond acceptors (Lipinski definition) is 7. The Morgan fingerprint density at radius 3 is 2.43 bits per heavy atom. The van der Waals surface area contributed by atoms with Crippen LogP contribution in [-0.2, 0) is 0 Å². The predicted octanol–water partition coefficient (Wildman–Crippen LogP) is 6.01. The molecule has 2 aromatic heterocycles. The zero-order valence-corrected chi connectivity index (χ0v) is 20.8. The molecule has 8 nitrogen and oxygen atoms in total. The van der Waals surface area contributed by atoms with Crippen molar-refractivity contribution in [1.29, 1.82) is 0 Å². The summed E-state index contributed by atoms with van der Waals surface area (Å²) in [6, 6.07) is 17.6. The lowest BCUT2D eigenvalue weighted by Gasteiger charge is -2.37. The molecule has 2 unspecified atom stereocenters. The van der Waals surface area contributed by atoms with Gasteiger partial charge in [-0.3, -0.25) is 4.98 Å². The molecule has 1 amide bonds. The molecule has 0 aliphatic carbocycles. The summed E-state index contributed by atoms with van der Waals surface area (Å²) in [5.74, 6) is 2.16. The van der Waals surface area contributed by atoms with Crippen molar-refractivity contribution in [2.45, 2.75) is 57.7 Å². The molecule has 4 aromatic rings. The predicted molar refractivity (Wildman–Crippen MR) is 138 cm³/mol. The zero-order valence-electron chi connectivity index (χ0n) is 20.8. The molecule has 2 aliphatic heterocycles. The highest BCUT2D eigenvalue weighted by atomic mass is 16.6. The topological polar surface area (TPSA) is 86.7 Å². The Bertz CT molecular complexity index is 1450. The summed E-state index contributed by atoms with van der Waals surface area (Å²) in [5.41, 5.74) is 1.51. The first-order valence-electron chi connectivity index (χ1n) is 12.6. The van der Waals surface area contributed by atoms with Crippen molar-refractivity contribution in [2.24, 2.45) is 0 Å². The van der Waals surface area contributed by atoms with Crippen LogP contribution in [0.4, 0.5) is 4.79 Å². The smallest absolute Gasteiger partial charge is 0.415 e. The maximum atomic E-state index is 13.1. The molecular weight excluding hydrogens is 468 g/mol. The lowest BCUT2D eigenvalue weighted by atomic mass is 10.0. The van der Waals surface area contributed by atoms with Crippen molar-refractivity contribution in [1.82, 2.24) is 19.9 Å². The zero-order chi connectivity index (χ0) is 25.4. The molecule has 2 saturated heterocycles. The highest BCUT2D eigenvalue weighted by Gasteiger charge is 2.45. The van der Waals surface area contributed by atoms with Crippen LogP contribution < -0.4 is 14.2 Å². The van der Waals surface area contributed by atoms with Crippen LogP contribution >= 0.6 is 0 Å². The average molecular weight is 497 g/mol. The van der Waals surface area contributed by atoms with E-state index in [1.54, 1.807) is 6.20 Å². The van der Waals surface area contributed by atoms with Gasteiger partial charge in [-0.25, -0.2) is 14.8 Å². The number of aryl methyl sites for hydroxylation is 1. The van der Waals surface area contributed by atoms with Crippen LogP contribution in [0.15, 0.2) is 67.1 Å². The summed E-state index contributed by atoms with van der Waals surface area (Å²) < 4.78 is 18.1. The lowest BCUT2D eigenvalue weighted by molar-refractivity contribution is 0.0502. The van der Waals surface area contributed by atoms with Crippen LogP contribution in [0.1, 0.15) is 36.9 Å². The monoisotopic (exact) mass is 496 g/mol. The van der Waals surface area contributed by atoms with E-state index in [0.717, 1.165) is 47.7 Å². The second-order valence-electron chi connectivity index (χ2n) is 9.68. The molecule has 2 aliphatic rings. The van der Waals surface area contributed by atoms with Gasteiger partial charge < -0.3 is 19.1 Å². The number of amides is 1. The highest BCUT2D eigenvalue weighted by Crippen LogP contribution is 2.39. The minimum Gasteiger partial charge on any atom is -0.474 e. The number of carbonyl (C=O) groups is 1. The standard InChI is InChI=1S/C29H28N4O4/c1-18-27(31-17-32-28(18)37-26-8-5-13-30-19(26)2)35-25-15-22-10-11-23(16-25)33(22)29(34)36-24-12-9-20-6-3-4-7-21(20)14-24/h3-9,12-14,17,22-23,25H,10-11,15-16H2,1-2H3. The second kappa shape index (κ2) is 9.69. The summed E-state index contributed by atoms with van der Waals surface area (Å²) in [4.78, 5) is 28.0. The average Bonchev–Trinajstić information content (AvgIpc) is 3.18. The quantitative estimate of drug-likeness (QED) is 0.334. The summed E-state index contributed by atoms with van der Waals surface area (Å²) in [6.07, 6.45) is 6.17. The van der Waals surface area contributed by atoms with E-state index in [2.05, 4.69) is 15.0 Å². The Morgan fingerprint density at radius 1 is 0.892 bits per heavy atom. The molecule has 2 aromatic carbocycles. The van der Waals surface area contributed by atoms with Crippen molar-refractivity contribution >= 4 is 16.9 Å². The van der Waals surface area contributed by atoms with Gasteiger partial charge in [-0.15, -0.1) is 0 Å². The Hall–Kier alpha value is -4.20. The number of piperidine rings is 1. The van der Waals surface area contributed by atoms with Gasteiger partial charge >= 0.3 is 6.09 Å². The Morgan fingerprint density at radius 2 is 1.65 bits per heavy atom. The molecule has 2 fully saturated rings. The van der Waals surface area contributed by atoms with Gasteiger partial charge in [-0.1, -0.05) is 30.3 Å². The van der Waals surface area contributed by atoms with Crippen LogP contribution in [0.5, 0.6) is 23.3 Å². The minimum absolute atomic E-state index is 0.0520. The largest absolute Gasteiger partial charge is 0.474 e. The number of nitrogens with zero attached hydrogens (tertiary/aromatic N) is 4. The molecule has 0 saturated carbocycles. The van der Waals surface area contributed by atoms with Gasteiger partial charge in [0.15, 0.2) is 5.75 Å². The van der Waals surface area contributed by atoms with E-state index in [0.29, 0.717) is 23.3 Å². The van der Waals surface area contributed by atoms with E-state index < -0.39 is 0 Å². The number of fused-ring (bicyclic) bond motifs is 3. The normalized spacial score (nSPS) is 20.6. The van der Waals surface area contributed by atoms with Crippen molar-refractivity contribution in [3.8, 4) is 23.3 Å². The van der Waals surface area contributed by atoms with Gasteiger partial charge in [0.25, 0.3) is 0 Å². The molecule has 8 heteroatoms. The van der Waals surface area contributed by atoms with Gasteiger partial charge in [0, 0.05) is 31.1 Å². The first-order valence-corrected chi connectivity index (χ1v) is 12.6. The van der Waals surface area contributed by atoms with Crippen LogP contribution in [0.2, 0.25) is 0 Å². The molecule has 0 spiro atoms. The molecule has 4 heterocycles. The maximum Gasteiger partial charge on any atom is 0.415 e. The van der Waals surface area contributed by atoms with E-state index in [-0.39, 0.29) is 24.3 Å². The molecular formula is C29H28N4O4. The molecule has 0 radical (unpaired) electrons. The van der Waals surface area contributed by atoms with Crippen LogP contribution in [0, 0.1) is 13.8 Å². The van der Waals surface area contributed by atoms with E-state index in [1.807, 2.05) is 73.3 Å². The number of hydrogen-bond donors (Lipinski definition) is 0. The number of aromatic nitrogens is 3. The van der Waals surface area contributed by atoms with Crippen LogP contribution in [-0.4, -0.2) is 44.1 Å². The lowest BCUT2D eigenvalue weighted by Crippen LogP contribution is -2.50. The van der Waals surface area contributed by atoms with Crippen LogP contribution in [0.25, 0.3) is 10.8 Å². The molecule has 188 valence electrons. The van der Waals surface area contributed by atoms with Crippen molar-refractivity contribution < 1.29 is 19.0 Å². The fourth-order valence-electron chi connectivity index (χ4n) is 5.39. The van der Waals surface area contributed by atoms with Crippen LogP contribution in [0.3, 0.4) is 0 Å². The number of carbonyl (C=O) groups excluding carboxylic acids is 1. The highest BCUT2D eigenvalue weighted by molar-refractivity contribution is 5.84. The van der Waals surface area contributed by atoms with E-state index in [4.69, 9.17) is 14.2 Å². The maximum absolute atomic E-state index is 13.1. The number of rotatable bonds is 5. The SMILES string of the molecule is Cc1ncccc1Oc1ncnc(OC2CC3CCC(C2)N3C(=O)Oc2ccc3ccccc3c2)c1C. The van der Waals surface area contributed by atoms with Crippen molar-refractivity contribution in [2.75, 3.05) is 0 Å². The summed E-state index contributed by atoms with van der Waals surface area (Å²) in [5, 5.41) is 2.16. The van der Waals surface area contributed by atoms with Crippen molar-refractivity contribution in [3.05, 3.63) is 78.4 Å². The van der Waals surface area contributed by atoms with Gasteiger partial charge in [0.2, 0.25) is 11.8 Å². The van der Waals surface area contributed by atoms with E-state index >= 15 is 0 Å². The first-order chi connectivity index (χ1) is 18.0. The summed E-state index contributed by atoms with van der Waals surface area (Å²) >= 11 is 0. The molecule has 2 atom stereocenters. The third-order valence-corrected chi connectivity index (χ3v) is 7.26. The third kappa shape index (κ3) is 4.67.